The Morgan fingerprint density at radius 2 is 1.73 bits per heavy atom. The molecule has 1 amide bonds. The van der Waals surface area contributed by atoms with Gasteiger partial charge in [0.25, 0.3) is 5.91 Å². The highest BCUT2D eigenvalue weighted by molar-refractivity contribution is 5.97. The van der Waals surface area contributed by atoms with Gasteiger partial charge in [0.05, 0.1) is 5.56 Å². The number of carbonyl (C=O) groups is 2. The van der Waals surface area contributed by atoms with Crippen LogP contribution in [0, 0.1) is 5.82 Å². The van der Waals surface area contributed by atoms with E-state index in [2.05, 4.69) is 0 Å². The lowest BCUT2D eigenvalue weighted by molar-refractivity contribution is 0.0267. The van der Waals surface area contributed by atoms with Crippen molar-refractivity contribution in [2.75, 3.05) is 13.2 Å². The van der Waals surface area contributed by atoms with Gasteiger partial charge in [0.1, 0.15) is 5.82 Å². The normalized spacial score (nSPS) is 14.8. The Morgan fingerprint density at radius 1 is 1.08 bits per heavy atom. The van der Waals surface area contributed by atoms with E-state index in [4.69, 9.17) is 9.84 Å². The fourth-order valence-electron chi connectivity index (χ4n) is 3.10. The van der Waals surface area contributed by atoms with E-state index in [0.717, 1.165) is 5.56 Å². The Labute approximate surface area is 151 Å². The van der Waals surface area contributed by atoms with Gasteiger partial charge in [-0.15, -0.1) is 0 Å². The second-order valence-corrected chi connectivity index (χ2v) is 6.29. The minimum Gasteiger partial charge on any atom is -0.478 e. The van der Waals surface area contributed by atoms with Gasteiger partial charge in [-0.2, -0.15) is 0 Å². The number of halogens is 1. The van der Waals surface area contributed by atoms with Crippen LogP contribution in [0.5, 0.6) is 0 Å². The molecule has 1 saturated heterocycles. The maximum atomic E-state index is 13.2. The van der Waals surface area contributed by atoms with Crippen LogP contribution in [0.25, 0.3) is 0 Å². The van der Waals surface area contributed by atoms with Gasteiger partial charge in [-0.05, 0) is 48.7 Å². The molecular weight excluding hydrogens is 337 g/mol. The van der Waals surface area contributed by atoms with Gasteiger partial charge in [0.2, 0.25) is 0 Å². The number of ether oxygens (including phenoxy) is 1. The van der Waals surface area contributed by atoms with Gasteiger partial charge < -0.3 is 14.7 Å². The molecule has 0 radical (unpaired) electrons. The first kappa shape index (κ1) is 18.1. The van der Waals surface area contributed by atoms with Crippen LogP contribution in [0.3, 0.4) is 0 Å². The zero-order valence-electron chi connectivity index (χ0n) is 14.2. The number of benzene rings is 2. The van der Waals surface area contributed by atoms with Crippen LogP contribution in [-0.4, -0.2) is 41.1 Å². The fourth-order valence-corrected chi connectivity index (χ4v) is 3.10. The standard InChI is InChI=1S/C20H20FNO4/c21-17-6-4-14(5-7-17)13-22(18-8-10-26-11-9-18)19(23)15-2-1-3-16(12-15)20(24)25/h1-7,12,18H,8-11,13H2,(H,24,25). The molecule has 0 saturated carbocycles. The van der Waals surface area contributed by atoms with Crippen LogP contribution in [0.2, 0.25) is 0 Å². The molecule has 0 bridgehead atoms. The lowest BCUT2D eigenvalue weighted by atomic mass is 10.0. The first-order valence-corrected chi connectivity index (χ1v) is 8.51. The van der Waals surface area contributed by atoms with Crippen molar-refractivity contribution in [1.29, 1.82) is 0 Å². The molecule has 0 aliphatic carbocycles. The first-order valence-electron chi connectivity index (χ1n) is 8.51. The van der Waals surface area contributed by atoms with Crippen LogP contribution in [-0.2, 0) is 11.3 Å². The van der Waals surface area contributed by atoms with E-state index >= 15 is 0 Å². The van der Waals surface area contributed by atoms with E-state index < -0.39 is 5.97 Å². The second-order valence-electron chi connectivity index (χ2n) is 6.29. The zero-order valence-corrected chi connectivity index (χ0v) is 14.2. The molecule has 1 fully saturated rings. The summed E-state index contributed by atoms with van der Waals surface area (Å²) in [6.45, 7) is 1.49. The van der Waals surface area contributed by atoms with Crippen LogP contribution in [0.1, 0.15) is 39.1 Å². The summed E-state index contributed by atoms with van der Waals surface area (Å²) in [7, 11) is 0. The largest absolute Gasteiger partial charge is 0.478 e. The first-order chi connectivity index (χ1) is 12.5. The Morgan fingerprint density at radius 3 is 2.38 bits per heavy atom. The Balaban J connectivity index is 1.88. The Bertz CT molecular complexity index is 785. The minimum absolute atomic E-state index is 0.00483. The molecular formula is C20H20FNO4. The minimum atomic E-state index is -1.07. The highest BCUT2D eigenvalue weighted by Gasteiger charge is 2.27. The molecule has 26 heavy (non-hydrogen) atoms. The van der Waals surface area contributed by atoms with Crippen molar-refractivity contribution in [3.63, 3.8) is 0 Å². The fraction of sp³-hybridized carbons (Fsp3) is 0.300. The number of nitrogens with zero attached hydrogens (tertiary/aromatic N) is 1. The topological polar surface area (TPSA) is 66.8 Å². The van der Waals surface area contributed by atoms with Crippen LogP contribution < -0.4 is 0 Å². The third kappa shape index (κ3) is 4.26. The highest BCUT2D eigenvalue weighted by Crippen LogP contribution is 2.21. The van der Waals surface area contributed by atoms with Gasteiger partial charge in [-0.1, -0.05) is 18.2 Å². The van der Waals surface area contributed by atoms with Crippen molar-refractivity contribution in [2.45, 2.75) is 25.4 Å². The summed E-state index contributed by atoms with van der Waals surface area (Å²) in [5.74, 6) is -1.63. The molecule has 0 spiro atoms. The van der Waals surface area contributed by atoms with E-state index in [1.165, 1.54) is 24.3 Å². The molecule has 2 aromatic carbocycles. The lowest BCUT2D eigenvalue weighted by Gasteiger charge is -2.34. The number of aromatic carboxylic acids is 1. The summed E-state index contributed by atoms with van der Waals surface area (Å²) >= 11 is 0. The van der Waals surface area contributed by atoms with Crippen molar-refractivity contribution in [1.82, 2.24) is 4.90 Å². The molecule has 136 valence electrons. The summed E-state index contributed by atoms with van der Waals surface area (Å²) in [6.07, 6.45) is 1.43. The van der Waals surface area contributed by atoms with E-state index in [-0.39, 0.29) is 23.3 Å². The maximum absolute atomic E-state index is 13.2. The number of amides is 1. The zero-order chi connectivity index (χ0) is 18.5. The summed E-state index contributed by atoms with van der Waals surface area (Å²) in [5, 5.41) is 9.16. The second kappa shape index (κ2) is 8.10. The van der Waals surface area contributed by atoms with Gasteiger partial charge in [0.15, 0.2) is 0 Å². The predicted molar refractivity (Wildman–Crippen MR) is 93.5 cm³/mol. The van der Waals surface area contributed by atoms with Crippen LogP contribution >= 0.6 is 0 Å². The lowest BCUT2D eigenvalue weighted by Crippen LogP contribution is -2.43. The third-order valence-electron chi connectivity index (χ3n) is 4.52. The van der Waals surface area contributed by atoms with Gasteiger partial charge in [-0.3, -0.25) is 4.79 Å². The molecule has 0 atom stereocenters. The quantitative estimate of drug-likeness (QED) is 0.891. The van der Waals surface area contributed by atoms with E-state index in [9.17, 15) is 14.0 Å². The van der Waals surface area contributed by atoms with Crippen molar-refractivity contribution >= 4 is 11.9 Å². The molecule has 0 unspecified atom stereocenters. The average Bonchev–Trinajstić information content (AvgIpc) is 2.68. The summed E-state index contributed by atoms with van der Waals surface area (Å²) in [5.41, 5.74) is 1.23. The monoisotopic (exact) mass is 357 g/mol. The molecule has 1 aliphatic heterocycles. The molecule has 1 aliphatic rings. The number of carboxylic acids is 1. The van der Waals surface area contributed by atoms with Crippen molar-refractivity contribution in [3.05, 3.63) is 71.0 Å². The summed E-state index contributed by atoms with van der Waals surface area (Å²) < 4.78 is 18.6. The Kier molecular flexibility index (Phi) is 5.63. The van der Waals surface area contributed by atoms with E-state index in [0.29, 0.717) is 38.2 Å². The van der Waals surface area contributed by atoms with Gasteiger partial charge >= 0.3 is 5.97 Å². The van der Waals surface area contributed by atoms with Crippen molar-refractivity contribution < 1.29 is 23.8 Å². The smallest absolute Gasteiger partial charge is 0.335 e. The number of carbonyl (C=O) groups excluding carboxylic acids is 1. The summed E-state index contributed by atoms with van der Waals surface area (Å²) in [6, 6.07) is 12.1. The molecule has 2 aromatic rings. The highest BCUT2D eigenvalue weighted by atomic mass is 19.1. The van der Waals surface area contributed by atoms with Gasteiger partial charge in [-0.25, -0.2) is 9.18 Å². The average molecular weight is 357 g/mol. The number of rotatable bonds is 5. The molecule has 1 N–H and O–H groups in total. The molecule has 5 nitrogen and oxygen atoms in total. The number of hydrogen-bond acceptors (Lipinski definition) is 3. The summed E-state index contributed by atoms with van der Waals surface area (Å²) in [4.78, 5) is 26.0. The van der Waals surface area contributed by atoms with Gasteiger partial charge in [0, 0.05) is 31.4 Å². The molecule has 6 heteroatoms. The van der Waals surface area contributed by atoms with Crippen LogP contribution in [0.4, 0.5) is 4.39 Å². The van der Waals surface area contributed by atoms with Crippen LogP contribution in [0.15, 0.2) is 48.5 Å². The number of carboxylic acid groups (broad SMARTS) is 1. The Hall–Kier alpha value is -2.73. The van der Waals surface area contributed by atoms with Crippen molar-refractivity contribution in [3.8, 4) is 0 Å². The SMILES string of the molecule is O=C(O)c1cccc(C(=O)N(Cc2ccc(F)cc2)C2CCOCC2)c1. The molecule has 0 aromatic heterocycles. The maximum Gasteiger partial charge on any atom is 0.335 e. The van der Waals surface area contributed by atoms with E-state index in [1.807, 2.05) is 0 Å². The molecule has 3 rings (SSSR count). The predicted octanol–water partition coefficient (Wildman–Crippen LogP) is 3.35. The number of hydrogen-bond donors (Lipinski definition) is 1. The third-order valence-corrected chi connectivity index (χ3v) is 4.52. The molecule has 1 heterocycles. The van der Waals surface area contributed by atoms with E-state index in [1.54, 1.807) is 29.2 Å². The van der Waals surface area contributed by atoms with Crippen molar-refractivity contribution in [2.24, 2.45) is 0 Å².